The second-order valence-electron chi connectivity index (χ2n) is 3.83. The molecule has 0 spiro atoms. The summed E-state index contributed by atoms with van der Waals surface area (Å²) < 4.78 is 0. The molecule has 2 aliphatic rings. The van der Waals surface area contributed by atoms with Crippen LogP contribution in [0.2, 0.25) is 0 Å². The predicted octanol–water partition coefficient (Wildman–Crippen LogP) is 1.72. The van der Waals surface area contributed by atoms with Crippen molar-refractivity contribution in [2.45, 2.75) is 37.0 Å². The Morgan fingerprint density at radius 1 is 1.46 bits per heavy atom. The third-order valence-corrected chi connectivity index (χ3v) is 4.18. The lowest BCUT2D eigenvalue weighted by molar-refractivity contribution is -0.121. The highest BCUT2D eigenvalue weighted by Crippen LogP contribution is 2.32. The molecule has 0 aromatic heterocycles. The summed E-state index contributed by atoms with van der Waals surface area (Å²) in [7, 11) is 0. The van der Waals surface area contributed by atoms with E-state index in [4.69, 9.17) is 0 Å². The van der Waals surface area contributed by atoms with Gasteiger partial charge in [0.25, 0.3) is 0 Å². The maximum Gasteiger partial charge on any atom is 0.221 e. The minimum Gasteiger partial charge on any atom is -0.352 e. The summed E-state index contributed by atoms with van der Waals surface area (Å²) in [5.41, 5.74) is 1.30. The molecule has 2 nitrogen and oxygen atoms in total. The minimum absolute atomic E-state index is 0.217. The van der Waals surface area contributed by atoms with Crippen molar-refractivity contribution in [3.8, 4) is 0 Å². The van der Waals surface area contributed by atoms with Crippen molar-refractivity contribution < 1.29 is 4.79 Å². The topological polar surface area (TPSA) is 29.1 Å². The molecule has 2 fully saturated rings. The van der Waals surface area contributed by atoms with Crippen molar-refractivity contribution in [2.75, 3.05) is 5.75 Å². The Labute approximate surface area is 83.2 Å². The molecule has 0 radical (unpaired) electrons. The molecule has 1 saturated heterocycles. The first-order valence-electron chi connectivity index (χ1n) is 4.83. The summed E-state index contributed by atoms with van der Waals surface area (Å²) in [6.07, 6.45) is 4.01. The highest BCUT2D eigenvalue weighted by atomic mass is 32.2. The smallest absolute Gasteiger partial charge is 0.221 e. The molecule has 72 valence electrons. The van der Waals surface area contributed by atoms with E-state index in [2.05, 4.69) is 11.9 Å². The van der Waals surface area contributed by atoms with Gasteiger partial charge in [-0.1, -0.05) is 12.2 Å². The number of hydrogen-bond donors (Lipinski definition) is 1. The molecule has 2 atom stereocenters. The zero-order valence-electron chi connectivity index (χ0n) is 7.71. The van der Waals surface area contributed by atoms with Crippen LogP contribution < -0.4 is 5.32 Å². The molecule has 0 aromatic carbocycles. The summed E-state index contributed by atoms with van der Waals surface area (Å²) in [5.74, 6) is 1.20. The van der Waals surface area contributed by atoms with Crippen LogP contribution in [-0.2, 0) is 4.79 Å². The Bertz CT molecular complexity index is 239. The molecule has 2 rings (SSSR count). The molecular weight excluding hydrogens is 182 g/mol. The molecule has 2 unspecified atom stereocenters. The molecule has 1 aliphatic carbocycles. The average Bonchev–Trinajstić information content (AvgIpc) is 2.25. The molecule has 1 heterocycles. The van der Waals surface area contributed by atoms with E-state index in [1.54, 1.807) is 0 Å². The van der Waals surface area contributed by atoms with Crippen molar-refractivity contribution in [1.82, 2.24) is 5.32 Å². The Balaban J connectivity index is 2.05. The fourth-order valence-electron chi connectivity index (χ4n) is 2.02. The van der Waals surface area contributed by atoms with Gasteiger partial charge in [-0.25, -0.2) is 0 Å². The third-order valence-electron chi connectivity index (χ3n) is 2.75. The second-order valence-corrected chi connectivity index (χ2v) is 5.17. The molecule has 0 bridgehead atoms. The van der Waals surface area contributed by atoms with Crippen molar-refractivity contribution >= 4 is 17.7 Å². The summed E-state index contributed by atoms with van der Waals surface area (Å²) in [4.78, 5) is 11.3. The maximum absolute atomic E-state index is 11.3. The lowest BCUT2D eigenvalue weighted by Crippen LogP contribution is -2.42. The molecule has 1 amide bonds. The molecule has 1 aliphatic heterocycles. The average molecular weight is 197 g/mol. The monoisotopic (exact) mass is 197 g/mol. The van der Waals surface area contributed by atoms with Crippen LogP contribution in [0.3, 0.4) is 0 Å². The summed E-state index contributed by atoms with van der Waals surface area (Å²) in [6.45, 7) is 4.00. The fraction of sp³-hybridized carbons (Fsp3) is 0.700. The number of carbonyl (C=O) groups is 1. The molecule has 1 N–H and O–H groups in total. The SMILES string of the molecule is C=C1CCC2SCCC(=O)NC2C1. The standard InChI is InChI=1S/C10H15NOS/c1-7-2-3-9-8(6-7)11-10(12)4-5-13-9/h8-9H,1-6H2,(H,11,12). The Morgan fingerprint density at radius 2 is 2.31 bits per heavy atom. The van der Waals surface area contributed by atoms with Crippen LogP contribution in [0.5, 0.6) is 0 Å². The van der Waals surface area contributed by atoms with E-state index in [1.807, 2.05) is 11.8 Å². The molecular formula is C10H15NOS. The number of nitrogens with one attached hydrogen (secondary N) is 1. The van der Waals surface area contributed by atoms with Crippen LogP contribution in [0.4, 0.5) is 0 Å². The number of amides is 1. The minimum atomic E-state index is 0.217. The van der Waals surface area contributed by atoms with E-state index in [9.17, 15) is 4.79 Å². The van der Waals surface area contributed by atoms with Gasteiger partial charge in [-0.05, 0) is 19.3 Å². The van der Waals surface area contributed by atoms with E-state index in [0.29, 0.717) is 17.7 Å². The first kappa shape index (κ1) is 9.13. The predicted molar refractivity (Wildman–Crippen MR) is 55.8 cm³/mol. The number of rotatable bonds is 0. The second kappa shape index (κ2) is 3.74. The third kappa shape index (κ3) is 2.08. The van der Waals surface area contributed by atoms with Gasteiger partial charge in [0.05, 0.1) is 0 Å². The van der Waals surface area contributed by atoms with Gasteiger partial charge in [0.2, 0.25) is 5.91 Å². The van der Waals surface area contributed by atoms with Crippen LogP contribution in [0, 0.1) is 0 Å². The van der Waals surface area contributed by atoms with Crippen molar-refractivity contribution in [2.24, 2.45) is 0 Å². The number of carbonyl (C=O) groups excluding carboxylic acids is 1. The van der Waals surface area contributed by atoms with Crippen molar-refractivity contribution in [3.05, 3.63) is 12.2 Å². The molecule has 3 heteroatoms. The van der Waals surface area contributed by atoms with Crippen LogP contribution in [0.25, 0.3) is 0 Å². The fourth-order valence-corrected chi connectivity index (χ4v) is 3.30. The van der Waals surface area contributed by atoms with Gasteiger partial charge in [-0.2, -0.15) is 11.8 Å². The van der Waals surface area contributed by atoms with Gasteiger partial charge in [-0.3, -0.25) is 4.79 Å². The number of hydrogen-bond acceptors (Lipinski definition) is 2. The largest absolute Gasteiger partial charge is 0.352 e. The van der Waals surface area contributed by atoms with Crippen LogP contribution in [-0.4, -0.2) is 23.0 Å². The highest BCUT2D eigenvalue weighted by Gasteiger charge is 2.30. The van der Waals surface area contributed by atoms with Crippen LogP contribution in [0.1, 0.15) is 25.7 Å². The number of fused-ring (bicyclic) bond motifs is 1. The molecule has 0 aromatic rings. The molecule has 13 heavy (non-hydrogen) atoms. The first-order valence-corrected chi connectivity index (χ1v) is 5.88. The van der Waals surface area contributed by atoms with Crippen LogP contribution >= 0.6 is 11.8 Å². The van der Waals surface area contributed by atoms with Crippen molar-refractivity contribution in [3.63, 3.8) is 0 Å². The first-order chi connectivity index (χ1) is 6.25. The summed E-state index contributed by atoms with van der Waals surface area (Å²) >= 11 is 1.95. The number of thioether (sulfide) groups is 1. The lowest BCUT2D eigenvalue weighted by atomic mass is 9.91. The van der Waals surface area contributed by atoms with Gasteiger partial charge in [-0.15, -0.1) is 0 Å². The Hall–Kier alpha value is -0.440. The van der Waals surface area contributed by atoms with E-state index >= 15 is 0 Å². The Morgan fingerprint density at radius 3 is 3.15 bits per heavy atom. The van der Waals surface area contributed by atoms with Gasteiger partial charge in [0, 0.05) is 23.5 Å². The Kier molecular flexibility index (Phi) is 2.63. The van der Waals surface area contributed by atoms with E-state index in [1.165, 1.54) is 12.0 Å². The molecule has 1 saturated carbocycles. The zero-order valence-corrected chi connectivity index (χ0v) is 8.53. The van der Waals surface area contributed by atoms with Crippen LogP contribution in [0.15, 0.2) is 12.2 Å². The summed E-state index contributed by atoms with van der Waals surface area (Å²) in [5, 5.41) is 3.73. The van der Waals surface area contributed by atoms with Crippen molar-refractivity contribution in [1.29, 1.82) is 0 Å². The zero-order chi connectivity index (χ0) is 9.26. The van der Waals surface area contributed by atoms with E-state index < -0.39 is 0 Å². The van der Waals surface area contributed by atoms with E-state index in [0.717, 1.165) is 18.6 Å². The highest BCUT2D eigenvalue weighted by molar-refractivity contribution is 8.00. The quantitative estimate of drug-likeness (QED) is 0.599. The van der Waals surface area contributed by atoms with Gasteiger partial charge in [0.1, 0.15) is 0 Å². The normalized spacial score (nSPS) is 34.8. The van der Waals surface area contributed by atoms with Gasteiger partial charge < -0.3 is 5.32 Å². The van der Waals surface area contributed by atoms with E-state index in [-0.39, 0.29) is 5.91 Å². The van der Waals surface area contributed by atoms with Gasteiger partial charge in [0.15, 0.2) is 0 Å². The maximum atomic E-state index is 11.3. The lowest BCUT2D eigenvalue weighted by Gasteiger charge is -2.30. The van der Waals surface area contributed by atoms with Gasteiger partial charge >= 0.3 is 0 Å². The summed E-state index contributed by atoms with van der Waals surface area (Å²) in [6, 6.07) is 0.362.